The summed E-state index contributed by atoms with van der Waals surface area (Å²) in [6, 6.07) is 21.7. The molecule has 0 saturated carbocycles. The van der Waals surface area contributed by atoms with Crippen LogP contribution in [0.3, 0.4) is 0 Å². The van der Waals surface area contributed by atoms with Crippen LogP contribution in [0.2, 0.25) is 5.04 Å². The molecule has 1 atom stereocenters. The maximum absolute atomic E-state index is 7.14. The minimum absolute atomic E-state index is 0.0135. The maximum Gasteiger partial charge on any atom is 0.261 e. The van der Waals surface area contributed by atoms with E-state index in [0.29, 0.717) is 0 Å². The van der Waals surface area contributed by atoms with Crippen LogP contribution in [0, 0.1) is 0 Å². The lowest BCUT2D eigenvalue weighted by Crippen LogP contribution is -2.67. The Bertz CT molecular complexity index is 738. The summed E-state index contributed by atoms with van der Waals surface area (Å²) in [4.78, 5) is 4.77. The molecule has 1 aliphatic heterocycles. The summed E-state index contributed by atoms with van der Waals surface area (Å²) in [5, 5.41) is 2.69. The summed E-state index contributed by atoms with van der Waals surface area (Å²) in [5.74, 6) is 0. The van der Waals surface area contributed by atoms with Gasteiger partial charge in [0, 0.05) is 12.1 Å². The van der Waals surface area contributed by atoms with E-state index in [9.17, 15) is 0 Å². The van der Waals surface area contributed by atoms with Crippen LogP contribution in [0.1, 0.15) is 40.0 Å². The van der Waals surface area contributed by atoms with Crippen LogP contribution >= 0.6 is 0 Å². The Kier molecular flexibility index (Phi) is 6.13. The zero-order valence-electron chi connectivity index (χ0n) is 16.8. The van der Waals surface area contributed by atoms with Gasteiger partial charge in [0.1, 0.15) is 0 Å². The SMILES string of the molecule is C=CCCC1=NC[C@H](O[Si](c2ccccc2)(c2ccccc2)C(C)(C)C)C1. The number of nitrogens with zero attached hydrogens (tertiary/aromatic N) is 1. The molecule has 1 heterocycles. The molecule has 0 aliphatic carbocycles. The van der Waals surface area contributed by atoms with E-state index in [1.165, 1.54) is 16.1 Å². The van der Waals surface area contributed by atoms with Crippen molar-refractivity contribution in [2.45, 2.75) is 51.2 Å². The Morgan fingerprint density at radius 1 is 1.04 bits per heavy atom. The number of hydrogen-bond acceptors (Lipinski definition) is 2. The molecular formula is C24H31NOSi. The van der Waals surface area contributed by atoms with Crippen LogP contribution in [0.25, 0.3) is 0 Å². The topological polar surface area (TPSA) is 21.6 Å². The highest BCUT2D eigenvalue weighted by Gasteiger charge is 2.51. The second kappa shape index (κ2) is 8.36. The van der Waals surface area contributed by atoms with Gasteiger partial charge in [0.2, 0.25) is 0 Å². The van der Waals surface area contributed by atoms with Crippen LogP contribution in [-0.2, 0) is 4.43 Å². The average molecular weight is 378 g/mol. The molecule has 27 heavy (non-hydrogen) atoms. The fourth-order valence-corrected chi connectivity index (χ4v) is 8.77. The molecule has 1 aliphatic rings. The third kappa shape index (κ3) is 4.15. The third-order valence-electron chi connectivity index (χ3n) is 5.38. The highest BCUT2D eigenvalue weighted by Crippen LogP contribution is 2.38. The van der Waals surface area contributed by atoms with Gasteiger partial charge in [-0.1, -0.05) is 87.5 Å². The van der Waals surface area contributed by atoms with Gasteiger partial charge in [-0.3, -0.25) is 4.99 Å². The maximum atomic E-state index is 7.14. The van der Waals surface area contributed by atoms with Crippen LogP contribution in [0.15, 0.2) is 78.3 Å². The minimum Gasteiger partial charge on any atom is -0.402 e. The molecule has 2 aromatic carbocycles. The van der Waals surface area contributed by atoms with Crippen molar-refractivity contribution >= 4 is 24.4 Å². The zero-order valence-corrected chi connectivity index (χ0v) is 17.8. The van der Waals surface area contributed by atoms with Gasteiger partial charge >= 0.3 is 0 Å². The number of hydrogen-bond donors (Lipinski definition) is 0. The van der Waals surface area contributed by atoms with E-state index in [-0.39, 0.29) is 11.1 Å². The molecule has 0 fully saturated rings. The molecule has 0 saturated heterocycles. The quantitative estimate of drug-likeness (QED) is 0.504. The number of aliphatic imine (C=N–C) groups is 1. The van der Waals surface area contributed by atoms with Gasteiger partial charge in [-0.25, -0.2) is 0 Å². The van der Waals surface area contributed by atoms with E-state index in [1.807, 2.05) is 6.08 Å². The summed E-state index contributed by atoms with van der Waals surface area (Å²) in [6.45, 7) is 11.6. The summed E-state index contributed by atoms with van der Waals surface area (Å²) < 4.78 is 7.14. The fourth-order valence-electron chi connectivity index (χ4n) is 4.09. The van der Waals surface area contributed by atoms with Crippen molar-refractivity contribution < 1.29 is 4.43 Å². The molecule has 3 rings (SSSR count). The number of allylic oxidation sites excluding steroid dienone is 1. The van der Waals surface area contributed by atoms with Crippen molar-refractivity contribution in [1.29, 1.82) is 0 Å². The second-order valence-electron chi connectivity index (χ2n) is 8.34. The van der Waals surface area contributed by atoms with Crippen LogP contribution in [-0.4, -0.2) is 26.7 Å². The van der Waals surface area contributed by atoms with Gasteiger partial charge in [-0.2, -0.15) is 0 Å². The van der Waals surface area contributed by atoms with Crippen LogP contribution in [0.4, 0.5) is 0 Å². The molecule has 0 amide bonds. The minimum atomic E-state index is -2.47. The molecule has 0 aromatic heterocycles. The Hall–Kier alpha value is -1.97. The van der Waals surface area contributed by atoms with Crippen molar-refractivity contribution in [3.63, 3.8) is 0 Å². The van der Waals surface area contributed by atoms with Gasteiger partial charge in [0.05, 0.1) is 12.6 Å². The molecule has 0 N–H and O–H groups in total. The van der Waals surface area contributed by atoms with E-state index in [4.69, 9.17) is 9.42 Å². The molecule has 142 valence electrons. The van der Waals surface area contributed by atoms with Gasteiger partial charge in [0.15, 0.2) is 0 Å². The molecule has 2 aromatic rings. The molecule has 3 heteroatoms. The normalized spacial score (nSPS) is 17.6. The van der Waals surface area contributed by atoms with Gasteiger partial charge in [0.25, 0.3) is 8.32 Å². The lowest BCUT2D eigenvalue weighted by molar-refractivity contribution is 0.211. The van der Waals surface area contributed by atoms with Crippen molar-refractivity contribution in [2.24, 2.45) is 4.99 Å². The third-order valence-corrected chi connectivity index (χ3v) is 10.5. The standard InChI is InChI=1S/C24H31NOSi/c1-5-6-13-20-18-21(19-25-20)26-27(24(2,3)4,22-14-9-7-10-15-22)23-16-11-8-12-17-23/h5,7-12,14-17,21H,1,6,13,18-19H2,2-4H3/t21-/m1/s1. The first-order chi connectivity index (χ1) is 13.0. The summed E-state index contributed by atoms with van der Waals surface area (Å²) in [6.07, 6.45) is 5.07. The molecule has 0 unspecified atom stereocenters. The largest absolute Gasteiger partial charge is 0.402 e. The smallest absolute Gasteiger partial charge is 0.261 e. The van der Waals surface area contributed by atoms with E-state index in [0.717, 1.165) is 25.8 Å². The van der Waals surface area contributed by atoms with Gasteiger partial charge in [-0.05, 0) is 28.3 Å². The number of rotatable bonds is 7. The van der Waals surface area contributed by atoms with Crippen molar-refractivity contribution in [2.75, 3.05) is 6.54 Å². The van der Waals surface area contributed by atoms with E-state index in [2.05, 4.69) is 88.0 Å². The first-order valence-corrected chi connectivity index (χ1v) is 11.8. The first kappa shape index (κ1) is 19.8. The lowest BCUT2D eigenvalue weighted by atomic mass is 10.1. The zero-order chi connectivity index (χ0) is 19.3. The van der Waals surface area contributed by atoms with E-state index >= 15 is 0 Å². The van der Waals surface area contributed by atoms with Crippen LogP contribution in [0.5, 0.6) is 0 Å². The Morgan fingerprint density at radius 2 is 1.59 bits per heavy atom. The van der Waals surface area contributed by atoms with Crippen molar-refractivity contribution in [3.8, 4) is 0 Å². The Balaban J connectivity index is 1.99. The van der Waals surface area contributed by atoms with E-state index in [1.54, 1.807) is 0 Å². The van der Waals surface area contributed by atoms with E-state index < -0.39 is 8.32 Å². The summed E-state index contributed by atoms with van der Waals surface area (Å²) in [5.41, 5.74) is 1.28. The van der Waals surface area contributed by atoms with Gasteiger partial charge < -0.3 is 4.43 Å². The van der Waals surface area contributed by atoms with Gasteiger partial charge in [-0.15, -0.1) is 6.58 Å². The Labute approximate surface area is 165 Å². The number of benzene rings is 2. The second-order valence-corrected chi connectivity index (χ2v) is 12.6. The predicted molar refractivity (Wildman–Crippen MR) is 119 cm³/mol. The Morgan fingerprint density at radius 3 is 2.07 bits per heavy atom. The van der Waals surface area contributed by atoms with Crippen molar-refractivity contribution in [1.82, 2.24) is 0 Å². The fraction of sp³-hybridized carbons (Fsp3) is 0.375. The molecule has 0 radical (unpaired) electrons. The van der Waals surface area contributed by atoms with Crippen molar-refractivity contribution in [3.05, 3.63) is 73.3 Å². The summed E-state index contributed by atoms with van der Waals surface area (Å²) >= 11 is 0. The summed E-state index contributed by atoms with van der Waals surface area (Å²) in [7, 11) is -2.47. The average Bonchev–Trinajstić information content (AvgIpc) is 3.12. The monoisotopic (exact) mass is 377 g/mol. The predicted octanol–water partition coefficient (Wildman–Crippen LogP) is 4.74. The highest BCUT2D eigenvalue weighted by atomic mass is 28.4. The van der Waals surface area contributed by atoms with Crippen LogP contribution < -0.4 is 10.4 Å². The highest BCUT2D eigenvalue weighted by molar-refractivity contribution is 6.99. The molecule has 0 bridgehead atoms. The lowest BCUT2D eigenvalue weighted by Gasteiger charge is -2.44. The molecule has 0 spiro atoms. The first-order valence-electron chi connectivity index (χ1n) is 9.89. The molecule has 2 nitrogen and oxygen atoms in total. The molecular weight excluding hydrogens is 346 g/mol.